The molecule has 0 aliphatic carbocycles. The van der Waals surface area contributed by atoms with Crippen molar-refractivity contribution in [2.24, 2.45) is 5.92 Å². The summed E-state index contributed by atoms with van der Waals surface area (Å²) in [5, 5.41) is 7.04. The highest BCUT2D eigenvalue weighted by atomic mass is 19.1. The van der Waals surface area contributed by atoms with Crippen molar-refractivity contribution in [3.8, 4) is 11.4 Å². The number of carbonyl (C=O) groups is 1. The van der Waals surface area contributed by atoms with Crippen molar-refractivity contribution in [3.05, 3.63) is 35.5 Å². The molecule has 1 N–H and O–H groups in total. The largest absolute Gasteiger partial charge is 0.342 e. The normalized spacial score (nSPS) is 17.2. The number of aryl methyl sites for hydroxylation is 2. The second kappa shape index (κ2) is 7.74. The Hall–Kier alpha value is -2.28. The molecule has 1 fully saturated rings. The van der Waals surface area contributed by atoms with Gasteiger partial charge in [0.1, 0.15) is 5.82 Å². The lowest BCUT2D eigenvalue weighted by Gasteiger charge is -2.15. The van der Waals surface area contributed by atoms with Crippen molar-refractivity contribution in [1.29, 1.82) is 0 Å². The molecule has 1 saturated heterocycles. The minimum atomic E-state index is -0.302. The van der Waals surface area contributed by atoms with Crippen LogP contribution in [-0.2, 0) is 11.2 Å². The fourth-order valence-electron chi connectivity index (χ4n) is 3.09. The van der Waals surface area contributed by atoms with Crippen molar-refractivity contribution in [3.63, 3.8) is 0 Å². The number of carbonyl (C=O) groups excluding carboxylic acids is 1. The lowest BCUT2D eigenvalue weighted by Crippen LogP contribution is -2.30. The second-order valence-corrected chi connectivity index (χ2v) is 6.53. The molecule has 2 aromatic rings. The van der Waals surface area contributed by atoms with E-state index in [0.717, 1.165) is 26.1 Å². The number of likely N-dealkylation sites (tertiary alicyclic amines) is 1. The molecule has 134 valence electrons. The van der Waals surface area contributed by atoms with Gasteiger partial charge in [0.05, 0.1) is 0 Å². The van der Waals surface area contributed by atoms with Gasteiger partial charge in [0.2, 0.25) is 17.6 Å². The van der Waals surface area contributed by atoms with E-state index in [4.69, 9.17) is 4.52 Å². The van der Waals surface area contributed by atoms with Gasteiger partial charge in [-0.15, -0.1) is 0 Å². The van der Waals surface area contributed by atoms with Gasteiger partial charge in [-0.25, -0.2) is 4.39 Å². The van der Waals surface area contributed by atoms with Gasteiger partial charge in [0.15, 0.2) is 0 Å². The first-order valence-electron chi connectivity index (χ1n) is 8.58. The first-order valence-corrected chi connectivity index (χ1v) is 8.58. The van der Waals surface area contributed by atoms with E-state index in [1.807, 2.05) is 11.9 Å². The Labute approximate surface area is 146 Å². The van der Waals surface area contributed by atoms with E-state index < -0.39 is 0 Å². The fraction of sp³-hybridized carbons (Fsp3) is 0.500. The molecule has 1 aliphatic rings. The van der Waals surface area contributed by atoms with Crippen molar-refractivity contribution in [2.45, 2.75) is 26.2 Å². The van der Waals surface area contributed by atoms with E-state index in [1.54, 1.807) is 19.1 Å². The van der Waals surface area contributed by atoms with Crippen LogP contribution in [0.25, 0.3) is 11.4 Å². The maximum Gasteiger partial charge on any atom is 0.227 e. The summed E-state index contributed by atoms with van der Waals surface area (Å²) in [6, 6.07) is 4.82. The number of rotatable bonds is 6. The molecule has 0 spiro atoms. The predicted molar refractivity (Wildman–Crippen MR) is 91.4 cm³/mol. The molecule has 1 aromatic heterocycles. The van der Waals surface area contributed by atoms with Crippen LogP contribution in [0, 0.1) is 18.7 Å². The Balaban J connectivity index is 1.55. The number of benzene rings is 1. The predicted octanol–water partition coefficient (Wildman–Crippen LogP) is 2.18. The van der Waals surface area contributed by atoms with Crippen molar-refractivity contribution >= 4 is 5.91 Å². The molecule has 1 amide bonds. The monoisotopic (exact) mass is 346 g/mol. The summed E-state index contributed by atoms with van der Waals surface area (Å²) < 4.78 is 18.8. The number of halogens is 1. The highest BCUT2D eigenvalue weighted by Gasteiger charge is 2.25. The molecule has 25 heavy (non-hydrogen) atoms. The number of aromatic nitrogens is 2. The quantitative estimate of drug-likeness (QED) is 0.868. The first kappa shape index (κ1) is 17.5. The van der Waals surface area contributed by atoms with Crippen LogP contribution in [0.3, 0.4) is 0 Å². The van der Waals surface area contributed by atoms with E-state index in [1.165, 1.54) is 6.07 Å². The molecule has 1 aromatic carbocycles. The Morgan fingerprint density at radius 1 is 1.48 bits per heavy atom. The van der Waals surface area contributed by atoms with Gasteiger partial charge >= 0.3 is 0 Å². The maximum absolute atomic E-state index is 13.6. The van der Waals surface area contributed by atoms with Gasteiger partial charge < -0.3 is 14.7 Å². The Kier molecular flexibility index (Phi) is 5.43. The molecule has 1 unspecified atom stereocenters. The summed E-state index contributed by atoms with van der Waals surface area (Å²) in [6.45, 7) is 4.25. The summed E-state index contributed by atoms with van der Waals surface area (Å²) in [6.07, 6.45) is 1.78. The van der Waals surface area contributed by atoms with Crippen LogP contribution >= 0.6 is 0 Å². The molecule has 7 heteroatoms. The Morgan fingerprint density at radius 3 is 3.08 bits per heavy atom. The number of amides is 1. The fourth-order valence-corrected chi connectivity index (χ4v) is 3.09. The Bertz CT molecular complexity index is 746. The van der Waals surface area contributed by atoms with Gasteiger partial charge in [-0.1, -0.05) is 17.3 Å². The average Bonchev–Trinajstić information content (AvgIpc) is 3.25. The van der Waals surface area contributed by atoms with Crippen LogP contribution in [0.15, 0.2) is 22.7 Å². The average molecular weight is 346 g/mol. The Morgan fingerprint density at radius 2 is 2.32 bits per heavy atom. The summed E-state index contributed by atoms with van der Waals surface area (Å²) in [7, 11) is 1.93. The van der Waals surface area contributed by atoms with Gasteiger partial charge in [-0.3, -0.25) is 4.79 Å². The minimum Gasteiger partial charge on any atom is -0.342 e. The molecule has 0 radical (unpaired) electrons. The maximum atomic E-state index is 13.6. The van der Waals surface area contributed by atoms with E-state index in [2.05, 4.69) is 15.5 Å². The van der Waals surface area contributed by atoms with Crippen LogP contribution < -0.4 is 5.32 Å². The summed E-state index contributed by atoms with van der Waals surface area (Å²) in [5.41, 5.74) is 1.14. The van der Waals surface area contributed by atoms with Gasteiger partial charge in [-0.2, -0.15) is 4.98 Å². The lowest BCUT2D eigenvalue weighted by molar-refractivity contribution is -0.130. The number of nitrogens with one attached hydrogen (secondary N) is 1. The first-order chi connectivity index (χ1) is 12.1. The third-order valence-electron chi connectivity index (χ3n) is 4.58. The van der Waals surface area contributed by atoms with E-state index in [0.29, 0.717) is 41.6 Å². The van der Waals surface area contributed by atoms with Gasteiger partial charge in [-0.05, 0) is 44.5 Å². The zero-order valence-electron chi connectivity index (χ0n) is 14.6. The smallest absolute Gasteiger partial charge is 0.227 e. The summed E-state index contributed by atoms with van der Waals surface area (Å²) in [5.74, 6) is 1.08. The second-order valence-electron chi connectivity index (χ2n) is 6.53. The zero-order valence-corrected chi connectivity index (χ0v) is 14.6. The van der Waals surface area contributed by atoms with Crippen LogP contribution in [0.4, 0.5) is 4.39 Å². The van der Waals surface area contributed by atoms with Crippen LogP contribution in [0.5, 0.6) is 0 Å². The molecule has 6 nitrogen and oxygen atoms in total. The molecule has 0 saturated carbocycles. The highest BCUT2D eigenvalue weighted by molar-refractivity contribution is 5.76. The van der Waals surface area contributed by atoms with E-state index >= 15 is 0 Å². The minimum absolute atomic E-state index is 0.111. The number of hydrogen-bond acceptors (Lipinski definition) is 5. The molecule has 1 aliphatic heterocycles. The van der Waals surface area contributed by atoms with Gasteiger partial charge in [0.25, 0.3) is 0 Å². The van der Waals surface area contributed by atoms with Gasteiger partial charge in [0, 0.05) is 31.5 Å². The number of nitrogens with zero attached hydrogens (tertiary/aromatic N) is 3. The molecular weight excluding hydrogens is 323 g/mol. The molecule has 1 atom stereocenters. The molecule has 0 bridgehead atoms. The summed E-state index contributed by atoms with van der Waals surface area (Å²) >= 11 is 0. The topological polar surface area (TPSA) is 71.3 Å². The van der Waals surface area contributed by atoms with Crippen molar-refractivity contribution in [1.82, 2.24) is 20.4 Å². The number of hydrogen-bond donors (Lipinski definition) is 1. The van der Waals surface area contributed by atoms with E-state index in [9.17, 15) is 9.18 Å². The standard InChI is InChI=1S/C18H23FN4O2/c1-12-3-4-14(9-15(12)19)18-21-16(25-22-18)5-6-17(24)23-8-7-13(11-23)10-20-2/h3-4,9,13,20H,5-8,10-11H2,1-2H3. The lowest BCUT2D eigenvalue weighted by atomic mass is 10.1. The molecule has 3 rings (SSSR count). The van der Waals surface area contributed by atoms with Crippen molar-refractivity contribution < 1.29 is 13.7 Å². The third-order valence-corrected chi connectivity index (χ3v) is 4.58. The summed E-state index contributed by atoms with van der Waals surface area (Å²) in [4.78, 5) is 18.5. The van der Waals surface area contributed by atoms with Crippen molar-refractivity contribution in [2.75, 3.05) is 26.7 Å². The highest BCUT2D eigenvalue weighted by Crippen LogP contribution is 2.20. The molecule has 2 heterocycles. The van der Waals surface area contributed by atoms with E-state index in [-0.39, 0.29) is 11.7 Å². The van der Waals surface area contributed by atoms with Crippen LogP contribution in [-0.4, -0.2) is 47.6 Å². The van der Waals surface area contributed by atoms with Crippen LogP contribution in [0.1, 0.15) is 24.3 Å². The zero-order chi connectivity index (χ0) is 17.8. The third kappa shape index (κ3) is 4.22. The molecular formula is C18H23FN4O2. The SMILES string of the molecule is CNCC1CCN(C(=O)CCc2nc(-c3ccc(C)c(F)c3)no2)C1. The van der Waals surface area contributed by atoms with Crippen LogP contribution in [0.2, 0.25) is 0 Å².